The van der Waals surface area contributed by atoms with Gasteiger partial charge in [0, 0.05) is 24.7 Å². The minimum absolute atomic E-state index is 0.0868. The molecule has 0 saturated carbocycles. The molecule has 4 heteroatoms. The number of carbonyl (C=O) groups is 1. The predicted octanol–water partition coefficient (Wildman–Crippen LogP) is 1.66. The lowest BCUT2D eigenvalue weighted by atomic mass is 10.1. The number of hydrogen-bond acceptors (Lipinski definition) is 2. The summed E-state index contributed by atoms with van der Waals surface area (Å²) >= 11 is 6.07. The lowest BCUT2D eigenvalue weighted by Gasteiger charge is -2.31. The third kappa shape index (κ3) is 2.36. The van der Waals surface area contributed by atoms with Crippen molar-refractivity contribution in [2.75, 3.05) is 13.1 Å². The van der Waals surface area contributed by atoms with Crippen molar-refractivity contribution in [1.29, 1.82) is 0 Å². The molecule has 0 radical (unpaired) electrons. The number of carbonyl (C=O) groups excluding carboxylic acids is 1. The maximum Gasteiger partial charge on any atom is 0.239 e. The second-order valence-corrected chi connectivity index (χ2v) is 4.43. The van der Waals surface area contributed by atoms with Gasteiger partial charge in [-0.25, -0.2) is 0 Å². The van der Waals surface area contributed by atoms with E-state index in [1.807, 2.05) is 36.1 Å². The van der Waals surface area contributed by atoms with Gasteiger partial charge >= 0.3 is 0 Å². The van der Waals surface area contributed by atoms with Crippen LogP contribution in [-0.4, -0.2) is 29.9 Å². The number of benzene rings is 1. The third-order valence-electron chi connectivity index (χ3n) is 2.83. The van der Waals surface area contributed by atoms with Crippen LogP contribution in [0.15, 0.2) is 24.3 Å². The number of rotatable bonds is 2. The van der Waals surface area contributed by atoms with E-state index in [4.69, 9.17) is 11.6 Å². The zero-order chi connectivity index (χ0) is 11.5. The molecule has 2 rings (SSSR count). The van der Waals surface area contributed by atoms with Gasteiger partial charge in [-0.15, -0.1) is 0 Å². The molecule has 1 heterocycles. The number of halogens is 1. The first-order valence-electron chi connectivity index (χ1n) is 5.44. The maximum absolute atomic E-state index is 11.9. The Labute approximate surface area is 100 Å². The van der Waals surface area contributed by atoms with E-state index in [0.717, 1.165) is 23.7 Å². The molecule has 0 spiro atoms. The van der Waals surface area contributed by atoms with Gasteiger partial charge in [-0.05, 0) is 18.6 Å². The Morgan fingerprint density at radius 3 is 3.00 bits per heavy atom. The Balaban J connectivity index is 2.10. The van der Waals surface area contributed by atoms with Crippen LogP contribution in [0.2, 0.25) is 5.02 Å². The fourth-order valence-corrected chi connectivity index (χ4v) is 2.07. The van der Waals surface area contributed by atoms with Crippen LogP contribution in [-0.2, 0) is 11.3 Å². The molecule has 3 nitrogen and oxygen atoms in total. The third-order valence-corrected chi connectivity index (χ3v) is 3.20. The zero-order valence-electron chi connectivity index (χ0n) is 9.24. The summed E-state index contributed by atoms with van der Waals surface area (Å²) in [5.41, 5.74) is 1.01. The standard InChI is InChI=1S/C12H15ClN2O/c1-9-12(16)15(7-6-14-9)8-10-4-2-3-5-11(10)13/h2-5,9,14H,6-8H2,1H3. The van der Waals surface area contributed by atoms with Crippen LogP contribution in [0, 0.1) is 0 Å². The number of hydrogen-bond donors (Lipinski definition) is 1. The number of nitrogens with one attached hydrogen (secondary N) is 1. The van der Waals surface area contributed by atoms with Crippen LogP contribution in [0.3, 0.4) is 0 Å². The number of amides is 1. The van der Waals surface area contributed by atoms with Gasteiger partial charge in [0.05, 0.1) is 6.04 Å². The highest BCUT2D eigenvalue weighted by molar-refractivity contribution is 6.31. The highest BCUT2D eigenvalue weighted by Gasteiger charge is 2.24. The van der Waals surface area contributed by atoms with Crippen molar-refractivity contribution in [2.24, 2.45) is 0 Å². The van der Waals surface area contributed by atoms with Crippen molar-refractivity contribution in [3.63, 3.8) is 0 Å². The van der Waals surface area contributed by atoms with Crippen molar-refractivity contribution in [1.82, 2.24) is 10.2 Å². The quantitative estimate of drug-likeness (QED) is 0.850. The minimum Gasteiger partial charge on any atom is -0.336 e. The van der Waals surface area contributed by atoms with Crippen molar-refractivity contribution in [3.05, 3.63) is 34.9 Å². The van der Waals surface area contributed by atoms with E-state index < -0.39 is 0 Å². The van der Waals surface area contributed by atoms with Crippen molar-refractivity contribution in [3.8, 4) is 0 Å². The van der Waals surface area contributed by atoms with Crippen LogP contribution in [0.1, 0.15) is 12.5 Å². The molecule has 1 amide bonds. The largest absolute Gasteiger partial charge is 0.336 e. The normalized spacial score (nSPS) is 21.2. The van der Waals surface area contributed by atoms with E-state index in [1.54, 1.807) is 0 Å². The van der Waals surface area contributed by atoms with Crippen LogP contribution >= 0.6 is 11.6 Å². The fraction of sp³-hybridized carbons (Fsp3) is 0.417. The van der Waals surface area contributed by atoms with Crippen LogP contribution in [0.4, 0.5) is 0 Å². The first-order chi connectivity index (χ1) is 7.68. The molecule has 1 saturated heterocycles. The fourth-order valence-electron chi connectivity index (χ4n) is 1.88. The molecule has 86 valence electrons. The molecule has 1 fully saturated rings. The summed E-state index contributed by atoms with van der Waals surface area (Å²) in [6.07, 6.45) is 0. The first-order valence-corrected chi connectivity index (χ1v) is 5.82. The van der Waals surface area contributed by atoms with Crippen molar-refractivity contribution >= 4 is 17.5 Å². The van der Waals surface area contributed by atoms with Crippen LogP contribution in [0.5, 0.6) is 0 Å². The SMILES string of the molecule is CC1NCCN(Cc2ccccc2Cl)C1=O. The van der Waals surface area contributed by atoms with E-state index >= 15 is 0 Å². The number of nitrogens with zero attached hydrogens (tertiary/aromatic N) is 1. The van der Waals surface area contributed by atoms with Gasteiger partial charge in [-0.3, -0.25) is 4.79 Å². The molecule has 0 aliphatic carbocycles. The molecule has 1 atom stereocenters. The van der Waals surface area contributed by atoms with E-state index in [0.29, 0.717) is 6.54 Å². The molecule has 0 aromatic heterocycles. The summed E-state index contributed by atoms with van der Waals surface area (Å²) in [6, 6.07) is 7.57. The summed E-state index contributed by atoms with van der Waals surface area (Å²) in [6.45, 7) is 4.08. The average molecular weight is 239 g/mol. The van der Waals surface area contributed by atoms with E-state index in [-0.39, 0.29) is 11.9 Å². The first kappa shape index (κ1) is 11.4. The minimum atomic E-state index is -0.0868. The van der Waals surface area contributed by atoms with E-state index in [9.17, 15) is 4.79 Å². The smallest absolute Gasteiger partial charge is 0.239 e. The Bertz CT molecular complexity index is 394. The molecule has 1 aromatic carbocycles. The topological polar surface area (TPSA) is 32.3 Å². The molecule has 16 heavy (non-hydrogen) atoms. The second-order valence-electron chi connectivity index (χ2n) is 4.03. The Morgan fingerprint density at radius 1 is 1.50 bits per heavy atom. The maximum atomic E-state index is 11.9. The highest BCUT2D eigenvalue weighted by Crippen LogP contribution is 2.17. The van der Waals surface area contributed by atoms with Crippen LogP contribution < -0.4 is 5.32 Å². The Hall–Kier alpha value is -1.06. The highest BCUT2D eigenvalue weighted by atomic mass is 35.5. The average Bonchev–Trinajstić information content (AvgIpc) is 2.28. The van der Waals surface area contributed by atoms with Crippen LogP contribution in [0.25, 0.3) is 0 Å². The second kappa shape index (κ2) is 4.85. The van der Waals surface area contributed by atoms with Gasteiger partial charge in [0.15, 0.2) is 0 Å². The van der Waals surface area contributed by atoms with E-state index in [2.05, 4.69) is 5.32 Å². The van der Waals surface area contributed by atoms with Gasteiger partial charge in [-0.2, -0.15) is 0 Å². The Morgan fingerprint density at radius 2 is 2.25 bits per heavy atom. The van der Waals surface area contributed by atoms with Gasteiger partial charge < -0.3 is 10.2 Å². The predicted molar refractivity (Wildman–Crippen MR) is 64.3 cm³/mol. The molecule has 1 unspecified atom stereocenters. The van der Waals surface area contributed by atoms with Gasteiger partial charge in [0.1, 0.15) is 0 Å². The molecule has 1 aliphatic rings. The van der Waals surface area contributed by atoms with Crippen molar-refractivity contribution < 1.29 is 4.79 Å². The van der Waals surface area contributed by atoms with E-state index in [1.165, 1.54) is 0 Å². The van der Waals surface area contributed by atoms with Gasteiger partial charge in [-0.1, -0.05) is 29.8 Å². The molecular weight excluding hydrogens is 224 g/mol. The summed E-state index contributed by atoms with van der Waals surface area (Å²) in [5.74, 6) is 0.145. The Kier molecular flexibility index (Phi) is 3.46. The number of piperazine rings is 1. The monoisotopic (exact) mass is 238 g/mol. The van der Waals surface area contributed by atoms with Crippen molar-refractivity contribution in [2.45, 2.75) is 19.5 Å². The van der Waals surface area contributed by atoms with Gasteiger partial charge in [0.25, 0.3) is 0 Å². The zero-order valence-corrected chi connectivity index (χ0v) is 10.00. The lowest BCUT2D eigenvalue weighted by molar-refractivity contribution is -0.135. The summed E-state index contributed by atoms with van der Waals surface area (Å²) in [7, 11) is 0. The summed E-state index contributed by atoms with van der Waals surface area (Å²) in [5, 5.41) is 3.86. The molecule has 0 bridgehead atoms. The molecule has 1 N–H and O–H groups in total. The lowest BCUT2D eigenvalue weighted by Crippen LogP contribution is -2.53. The summed E-state index contributed by atoms with van der Waals surface area (Å²) in [4.78, 5) is 13.7. The molecule has 1 aliphatic heterocycles. The molecule has 1 aromatic rings. The van der Waals surface area contributed by atoms with Gasteiger partial charge in [0.2, 0.25) is 5.91 Å². The summed E-state index contributed by atoms with van der Waals surface area (Å²) < 4.78 is 0. The molecular formula is C12H15ClN2O.